The molecule has 6 aromatic carbocycles. The van der Waals surface area contributed by atoms with E-state index in [0.717, 1.165) is 65.0 Å². The third-order valence-corrected chi connectivity index (χ3v) is 13.1. The number of aromatic nitrogens is 1. The van der Waals surface area contributed by atoms with Crippen molar-refractivity contribution < 1.29 is 4.39 Å². The van der Waals surface area contributed by atoms with Gasteiger partial charge >= 0.3 is 0 Å². The van der Waals surface area contributed by atoms with E-state index in [1.54, 1.807) is 6.07 Å². The fourth-order valence-electron chi connectivity index (χ4n) is 8.18. The van der Waals surface area contributed by atoms with Gasteiger partial charge in [0.2, 0.25) is 0 Å². The second-order valence-corrected chi connectivity index (χ2v) is 17.0. The summed E-state index contributed by atoms with van der Waals surface area (Å²) in [7, 11) is 0. The molecular weight excluding hydrogens is 747 g/mol. The van der Waals surface area contributed by atoms with Gasteiger partial charge in [-0.15, -0.1) is 0 Å². The summed E-state index contributed by atoms with van der Waals surface area (Å²) < 4.78 is 21.0. The van der Waals surface area contributed by atoms with E-state index in [0.29, 0.717) is 0 Å². The van der Waals surface area contributed by atoms with Gasteiger partial charge in [0.15, 0.2) is 0 Å². The molecule has 0 fully saturated rings. The lowest BCUT2D eigenvalue weighted by Crippen LogP contribution is -2.42. The van der Waals surface area contributed by atoms with Crippen LogP contribution in [0.4, 0.5) is 21.5 Å². The van der Waals surface area contributed by atoms with Crippen molar-refractivity contribution in [3.8, 4) is 16.8 Å². The Hall–Kier alpha value is -4.19. The molecular formula is C45H39Br2FN2. The SMILES string of the molecule is CC1(C)c2cc(-c3cc(N(c4ccc(Br)cc4)c4ccc(Br)cc4)cc(-n4c5ccccc5c5ccccc54)c3)cc(F)c2C(C)(C)C1(C)C. The lowest BCUT2D eigenvalue weighted by molar-refractivity contribution is 0.123. The molecule has 0 unspecified atom stereocenters. The van der Waals surface area contributed by atoms with Gasteiger partial charge in [0.25, 0.3) is 0 Å². The highest BCUT2D eigenvalue weighted by Crippen LogP contribution is 2.62. The third-order valence-electron chi connectivity index (χ3n) is 12.0. The second-order valence-electron chi connectivity index (χ2n) is 15.2. The fourth-order valence-corrected chi connectivity index (χ4v) is 8.71. The van der Waals surface area contributed by atoms with Crippen LogP contribution >= 0.6 is 31.9 Å². The Labute approximate surface area is 310 Å². The maximum absolute atomic E-state index is 16.6. The number of nitrogens with zero attached hydrogens (tertiary/aromatic N) is 2. The predicted molar refractivity (Wildman–Crippen MR) is 216 cm³/mol. The minimum absolute atomic E-state index is 0.136. The van der Waals surface area contributed by atoms with Gasteiger partial charge in [0, 0.05) is 42.5 Å². The number of benzene rings is 6. The van der Waals surface area contributed by atoms with E-state index >= 15 is 4.39 Å². The lowest BCUT2D eigenvalue weighted by Gasteiger charge is -2.44. The van der Waals surface area contributed by atoms with Crippen LogP contribution in [0.25, 0.3) is 38.6 Å². The molecule has 0 spiro atoms. The summed E-state index contributed by atoms with van der Waals surface area (Å²) in [4.78, 5) is 2.28. The van der Waals surface area contributed by atoms with Gasteiger partial charge in [-0.3, -0.25) is 0 Å². The molecule has 1 aliphatic carbocycles. The van der Waals surface area contributed by atoms with Crippen molar-refractivity contribution >= 4 is 70.7 Å². The van der Waals surface area contributed by atoms with Crippen LogP contribution in [-0.4, -0.2) is 4.57 Å². The van der Waals surface area contributed by atoms with Crippen molar-refractivity contribution in [2.24, 2.45) is 5.41 Å². The molecule has 0 N–H and O–H groups in total. The van der Waals surface area contributed by atoms with E-state index < -0.39 is 0 Å². The summed E-state index contributed by atoms with van der Waals surface area (Å²) >= 11 is 7.27. The van der Waals surface area contributed by atoms with Crippen LogP contribution in [0.5, 0.6) is 0 Å². The lowest BCUT2D eigenvalue weighted by atomic mass is 9.59. The van der Waals surface area contributed by atoms with Crippen LogP contribution in [-0.2, 0) is 10.8 Å². The minimum Gasteiger partial charge on any atom is -0.310 e. The standard InChI is InChI=1S/C45H39Br2FN2/c1-43(2)38-25-29(26-39(48)42(38)44(3,4)45(43,5)6)28-23-34(49(32-19-15-30(46)16-20-32)33-21-17-31(47)18-22-33)27-35(24-28)50-40-13-9-7-11-36(40)37-12-8-10-14-41(37)50/h7-27H,1-6H3. The van der Waals surface area contributed by atoms with Crippen LogP contribution in [0.1, 0.15) is 52.7 Å². The van der Waals surface area contributed by atoms with Crippen molar-refractivity contribution in [1.29, 1.82) is 0 Å². The number of fused-ring (bicyclic) bond motifs is 4. The molecule has 0 saturated heterocycles. The minimum atomic E-state index is -0.329. The Morgan fingerprint density at radius 3 is 1.58 bits per heavy atom. The first-order valence-electron chi connectivity index (χ1n) is 17.1. The van der Waals surface area contributed by atoms with Gasteiger partial charge in [-0.2, -0.15) is 0 Å². The highest BCUT2D eigenvalue weighted by atomic mass is 79.9. The molecule has 0 saturated carbocycles. The summed E-state index contributed by atoms with van der Waals surface area (Å²) in [5, 5.41) is 2.39. The number of anilines is 3. The summed E-state index contributed by atoms with van der Waals surface area (Å²) in [6, 6.07) is 44.6. The highest BCUT2D eigenvalue weighted by molar-refractivity contribution is 9.10. The van der Waals surface area contributed by atoms with E-state index in [9.17, 15) is 0 Å². The summed E-state index contributed by atoms with van der Waals surface area (Å²) in [5.41, 5.74) is 9.30. The molecule has 1 heterocycles. The predicted octanol–water partition coefficient (Wildman–Crippen LogP) is 14.2. The summed E-state index contributed by atoms with van der Waals surface area (Å²) in [6.45, 7) is 13.5. The molecule has 0 aliphatic heterocycles. The van der Waals surface area contributed by atoms with Crippen molar-refractivity contribution in [1.82, 2.24) is 4.57 Å². The van der Waals surface area contributed by atoms with Gasteiger partial charge < -0.3 is 9.47 Å². The van der Waals surface area contributed by atoms with Gasteiger partial charge in [0.1, 0.15) is 5.82 Å². The Morgan fingerprint density at radius 2 is 1.04 bits per heavy atom. The monoisotopic (exact) mass is 784 g/mol. The van der Waals surface area contributed by atoms with Crippen molar-refractivity contribution in [3.63, 3.8) is 0 Å². The van der Waals surface area contributed by atoms with Gasteiger partial charge in [-0.25, -0.2) is 4.39 Å². The highest BCUT2D eigenvalue weighted by Gasteiger charge is 2.58. The number of hydrogen-bond acceptors (Lipinski definition) is 1. The van der Waals surface area contributed by atoms with Crippen LogP contribution < -0.4 is 4.90 Å². The van der Waals surface area contributed by atoms with Crippen LogP contribution in [0, 0.1) is 11.2 Å². The zero-order valence-corrected chi connectivity index (χ0v) is 32.3. The Bertz CT molecular complexity index is 2340. The molecule has 5 heteroatoms. The number of para-hydroxylation sites is 2. The maximum atomic E-state index is 16.6. The number of rotatable bonds is 5. The van der Waals surface area contributed by atoms with Gasteiger partial charge in [0.05, 0.1) is 11.0 Å². The topological polar surface area (TPSA) is 8.17 Å². The molecule has 0 amide bonds. The Morgan fingerprint density at radius 1 is 0.540 bits per heavy atom. The molecule has 1 aromatic heterocycles. The first kappa shape index (κ1) is 33.0. The van der Waals surface area contributed by atoms with E-state index in [2.05, 4.69) is 204 Å². The summed E-state index contributed by atoms with van der Waals surface area (Å²) in [5.74, 6) is -0.136. The Kier molecular flexibility index (Phi) is 7.70. The van der Waals surface area contributed by atoms with E-state index in [4.69, 9.17) is 0 Å². The first-order chi connectivity index (χ1) is 23.8. The van der Waals surface area contributed by atoms with E-state index in [1.807, 2.05) is 0 Å². The Balaban J connectivity index is 1.45. The van der Waals surface area contributed by atoms with Crippen LogP contribution in [0.3, 0.4) is 0 Å². The normalized spacial score (nSPS) is 15.8. The zero-order chi connectivity index (χ0) is 35.2. The number of halogens is 3. The van der Waals surface area contributed by atoms with Gasteiger partial charge in [-0.1, -0.05) is 116 Å². The zero-order valence-electron chi connectivity index (χ0n) is 29.2. The average molecular weight is 787 g/mol. The van der Waals surface area contributed by atoms with Gasteiger partial charge in [-0.05, 0) is 123 Å². The second kappa shape index (κ2) is 11.7. The fraction of sp³-hybridized carbons (Fsp3) is 0.200. The molecule has 0 radical (unpaired) electrons. The third kappa shape index (κ3) is 4.92. The molecule has 250 valence electrons. The molecule has 7 aromatic rings. The number of hydrogen-bond donors (Lipinski definition) is 0. The molecule has 2 nitrogen and oxygen atoms in total. The first-order valence-corrected chi connectivity index (χ1v) is 18.7. The largest absolute Gasteiger partial charge is 0.310 e. The van der Waals surface area contributed by atoms with Crippen molar-refractivity contribution in [3.05, 3.63) is 153 Å². The average Bonchev–Trinajstić information content (AvgIpc) is 3.48. The maximum Gasteiger partial charge on any atom is 0.127 e. The van der Waals surface area contributed by atoms with E-state index in [1.165, 1.54) is 10.8 Å². The van der Waals surface area contributed by atoms with Crippen molar-refractivity contribution in [2.45, 2.75) is 52.4 Å². The summed E-state index contributed by atoms with van der Waals surface area (Å²) in [6.07, 6.45) is 0. The van der Waals surface area contributed by atoms with Crippen LogP contribution in [0.15, 0.2) is 136 Å². The smallest absolute Gasteiger partial charge is 0.127 e. The molecule has 0 atom stereocenters. The van der Waals surface area contributed by atoms with Crippen molar-refractivity contribution in [2.75, 3.05) is 4.90 Å². The molecule has 0 bridgehead atoms. The molecule has 1 aliphatic rings. The van der Waals surface area contributed by atoms with Crippen LogP contribution in [0.2, 0.25) is 0 Å². The molecule has 8 rings (SSSR count). The van der Waals surface area contributed by atoms with E-state index in [-0.39, 0.29) is 22.1 Å². The quantitative estimate of drug-likeness (QED) is 0.169. The molecule has 50 heavy (non-hydrogen) atoms.